The highest BCUT2D eigenvalue weighted by Crippen LogP contribution is 2.27. The van der Waals surface area contributed by atoms with Crippen molar-refractivity contribution in [1.82, 2.24) is 10.2 Å². The SMILES string of the molecule is O=C(CSc1nnc(NC(=O)c2ccc(Br)cc2)s1)Nc1cccc2ccccc12. The molecule has 0 aliphatic heterocycles. The topological polar surface area (TPSA) is 84.0 Å². The van der Waals surface area contributed by atoms with Crippen molar-refractivity contribution in [2.75, 3.05) is 16.4 Å². The lowest BCUT2D eigenvalue weighted by atomic mass is 10.1. The molecule has 0 radical (unpaired) electrons. The molecule has 0 bridgehead atoms. The Morgan fingerprint density at radius 3 is 2.53 bits per heavy atom. The molecular weight excluding hydrogens is 484 g/mol. The summed E-state index contributed by atoms with van der Waals surface area (Å²) in [5, 5.41) is 16.1. The molecular formula is C21H15BrN4O2S2. The van der Waals surface area contributed by atoms with Gasteiger partial charge in [0.2, 0.25) is 11.0 Å². The van der Waals surface area contributed by atoms with E-state index >= 15 is 0 Å². The van der Waals surface area contributed by atoms with Gasteiger partial charge in [-0.3, -0.25) is 14.9 Å². The van der Waals surface area contributed by atoms with Crippen LogP contribution in [0.5, 0.6) is 0 Å². The fraction of sp³-hybridized carbons (Fsp3) is 0.0476. The smallest absolute Gasteiger partial charge is 0.257 e. The Labute approximate surface area is 189 Å². The Morgan fingerprint density at radius 2 is 1.70 bits per heavy atom. The molecule has 0 saturated heterocycles. The third kappa shape index (κ3) is 5.05. The summed E-state index contributed by atoms with van der Waals surface area (Å²) in [5.41, 5.74) is 1.30. The maximum atomic E-state index is 12.4. The largest absolute Gasteiger partial charge is 0.325 e. The van der Waals surface area contributed by atoms with Gasteiger partial charge in [-0.2, -0.15) is 0 Å². The lowest BCUT2D eigenvalue weighted by Crippen LogP contribution is -2.14. The van der Waals surface area contributed by atoms with Crippen LogP contribution in [0.3, 0.4) is 0 Å². The molecule has 4 rings (SSSR count). The molecule has 3 aromatic carbocycles. The van der Waals surface area contributed by atoms with E-state index in [2.05, 4.69) is 36.8 Å². The van der Waals surface area contributed by atoms with Crippen molar-refractivity contribution in [3.05, 3.63) is 76.8 Å². The number of rotatable bonds is 6. The first-order chi connectivity index (χ1) is 14.6. The quantitative estimate of drug-likeness (QED) is 0.273. The van der Waals surface area contributed by atoms with Crippen LogP contribution in [0.15, 0.2) is 75.5 Å². The second-order valence-corrected chi connectivity index (χ2v) is 9.31. The number of halogens is 1. The number of carbonyl (C=O) groups excluding carboxylic acids is 2. The number of nitrogens with one attached hydrogen (secondary N) is 2. The van der Waals surface area contributed by atoms with Gasteiger partial charge in [-0.05, 0) is 35.7 Å². The van der Waals surface area contributed by atoms with Gasteiger partial charge in [-0.25, -0.2) is 0 Å². The molecule has 30 heavy (non-hydrogen) atoms. The molecule has 0 aliphatic rings. The molecule has 2 N–H and O–H groups in total. The van der Waals surface area contributed by atoms with Crippen LogP contribution in [-0.4, -0.2) is 27.8 Å². The number of hydrogen-bond acceptors (Lipinski definition) is 6. The van der Waals surface area contributed by atoms with Gasteiger partial charge in [0.1, 0.15) is 0 Å². The van der Waals surface area contributed by atoms with Crippen molar-refractivity contribution < 1.29 is 9.59 Å². The van der Waals surface area contributed by atoms with Crippen LogP contribution in [0, 0.1) is 0 Å². The summed E-state index contributed by atoms with van der Waals surface area (Å²) in [6.07, 6.45) is 0. The monoisotopic (exact) mass is 498 g/mol. The summed E-state index contributed by atoms with van der Waals surface area (Å²) < 4.78 is 1.50. The Hall–Kier alpha value is -2.75. The maximum absolute atomic E-state index is 12.4. The van der Waals surface area contributed by atoms with E-state index in [1.165, 1.54) is 23.1 Å². The van der Waals surface area contributed by atoms with Gasteiger partial charge in [0, 0.05) is 21.1 Å². The number of hydrogen-bond donors (Lipinski definition) is 2. The zero-order chi connectivity index (χ0) is 20.9. The summed E-state index contributed by atoms with van der Waals surface area (Å²) in [5.74, 6) is -0.200. The van der Waals surface area contributed by atoms with E-state index < -0.39 is 0 Å². The van der Waals surface area contributed by atoms with Crippen molar-refractivity contribution in [1.29, 1.82) is 0 Å². The molecule has 0 fully saturated rings. The van der Waals surface area contributed by atoms with E-state index in [9.17, 15) is 9.59 Å². The molecule has 6 nitrogen and oxygen atoms in total. The zero-order valence-electron chi connectivity index (χ0n) is 15.5. The number of amides is 2. The zero-order valence-corrected chi connectivity index (χ0v) is 18.7. The lowest BCUT2D eigenvalue weighted by Gasteiger charge is -2.08. The third-order valence-corrected chi connectivity index (χ3v) is 6.62. The normalized spacial score (nSPS) is 10.7. The molecule has 0 spiro atoms. The number of nitrogens with zero attached hydrogens (tertiary/aromatic N) is 2. The van der Waals surface area contributed by atoms with Crippen LogP contribution < -0.4 is 10.6 Å². The third-order valence-electron chi connectivity index (χ3n) is 4.12. The van der Waals surface area contributed by atoms with E-state index in [0.717, 1.165) is 20.9 Å². The maximum Gasteiger partial charge on any atom is 0.257 e. The molecule has 4 aromatic rings. The predicted molar refractivity (Wildman–Crippen MR) is 125 cm³/mol. The number of aromatic nitrogens is 2. The first-order valence-electron chi connectivity index (χ1n) is 8.89. The second-order valence-electron chi connectivity index (χ2n) is 6.20. The van der Waals surface area contributed by atoms with E-state index in [1.807, 2.05) is 42.5 Å². The fourth-order valence-electron chi connectivity index (χ4n) is 2.74. The first kappa shape index (κ1) is 20.5. The van der Waals surface area contributed by atoms with Crippen LogP contribution in [-0.2, 0) is 4.79 Å². The molecule has 0 atom stereocenters. The van der Waals surface area contributed by atoms with Crippen molar-refractivity contribution in [3.8, 4) is 0 Å². The molecule has 0 unspecified atom stereocenters. The number of benzene rings is 3. The summed E-state index contributed by atoms with van der Waals surface area (Å²) in [6.45, 7) is 0. The average molecular weight is 499 g/mol. The summed E-state index contributed by atoms with van der Waals surface area (Å²) in [7, 11) is 0. The average Bonchev–Trinajstić information content (AvgIpc) is 3.20. The van der Waals surface area contributed by atoms with Gasteiger partial charge >= 0.3 is 0 Å². The number of thioether (sulfide) groups is 1. The Morgan fingerprint density at radius 1 is 0.933 bits per heavy atom. The van der Waals surface area contributed by atoms with Gasteiger partial charge in [0.15, 0.2) is 4.34 Å². The first-order valence-corrected chi connectivity index (χ1v) is 11.5. The Bertz CT molecular complexity index is 1210. The highest BCUT2D eigenvalue weighted by Gasteiger charge is 2.12. The van der Waals surface area contributed by atoms with E-state index in [-0.39, 0.29) is 17.6 Å². The standard InChI is InChI=1S/C21H15BrN4O2S2/c22-15-10-8-14(9-11-15)19(28)24-20-25-26-21(30-20)29-12-18(27)23-17-7-3-5-13-4-1-2-6-16(13)17/h1-11H,12H2,(H,23,27)(H,24,25,28). The minimum atomic E-state index is -0.260. The fourth-order valence-corrected chi connectivity index (χ4v) is 4.55. The van der Waals surface area contributed by atoms with Crippen molar-refractivity contribution >= 4 is 72.4 Å². The molecule has 9 heteroatoms. The van der Waals surface area contributed by atoms with Crippen molar-refractivity contribution in [2.24, 2.45) is 0 Å². The minimum absolute atomic E-state index is 0.132. The Balaban J connectivity index is 1.33. The van der Waals surface area contributed by atoms with Crippen LogP contribution in [0.1, 0.15) is 10.4 Å². The summed E-state index contributed by atoms with van der Waals surface area (Å²) in [6, 6.07) is 20.7. The van der Waals surface area contributed by atoms with Crippen molar-refractivity contribution in [2.45, 2.75) is 4.34 Å². The lowest BCUT2D eigenvalue weighted by molar-refractivity contribution is -0.113. The number of fused-ring (bicyclic) bond motifs is 1. The van der Waals surface area contributed by atoms with E-state index in [0.29, 0.717) is 15.0 Å². The van der Waals surface area contributed by atoms with Gasteiger partial charge in [0.05, 0.1) is 5.75 Å². The molecule has 0 saturated carbocycles. The van der Waals surface area contributed by atoms with Gasteiger partial charge in [0.25, 0.3) is 5.91 Å². The van der Waals surface area contributed by atoms with Crippen LogP contribution >= 0.6 is 39.0 Å². The highest BCUT2D eigenvalue weighted by molar-refractivity contribution is 9.10. The highest BCUT2D eigenvalue weighted by atomic mass is 79.9. The summed E-state index contributed by atoms with van der Waals surface area (Å²) >= 11 is 5.84. The predicted octanol–water partition coefficient (Wildman–Crippen LogP) is 5.44. The van der Waals surface area contributed by atoms with E-state index in [1.54, 1.807) is 24.3 Å². The molecule has 150 valence electrons. The van der Waals surface area contributed by atoms with Crippen LogP contribution in [0.2, 0.25) is 0 Å². The number of anilines is 2. The van der Waals surface area contributed by atoms with Crippen LogP contribution in [0.25, 0.3) is 10.8 Å². The molecule has 1 aromatic heterocycles. The summed E-state index contributed by atoms with van der Waals surface area (Å²) in [4.78, 5) is 24.6. The van der Waals surface area contributed by atoms with Crippen molar-refractivity contribution in [3.63, 3.8) is 0 Å². The molecule has 1 heterocycles. The van der Waals surface area contributed by atoms with Crippen LogP contribution in [0.4, 0.5) is 10.8 Å². The van der Waals surface area contributed by atoms with Gasteiger partial charge < -0.3 is 5.32 Å². The molecule has 2 amide bonds. The van der Waals surface area contributed by atoms with Gasteiger partial charge in [-0.15, -0.1) is 10.2 Å². The van der Waals surface area contributed by atoms with Gasteiger partial charge in [-0.1, -0.05) is 75.4 Å². The minimum Gasteiger partial charge on any atom is -0.325 e. The number of carbonyl (C=O) groups is 2. The van der Waals surface area contributed by atoms with E-state index in [4.69, 9.17) is 0 Å². The second kappa shape index (κ2) is 9.38. The Kier molecular flexibility index (Phi) is 6.41. The molecule has 0 aliphatic carbocycles.